The van der Waals surface area contributed by atoms with Crippen LogP contribution in [0.2, 0.25) is 0 Å². The topological polar surface area (TPSA) is 84.5 Å². The molecule has 0 spiro atoms. The number of amides is 2. The van der Waals surface area contributed by atoms with E-state index < -0.39 is 11.7 Å². The Morgan fingerprint density at radius 2 is 1.74 bits per heavy atom. The van der Waals surface area contributed by atoms with Crippen LogP contribution in [0.5, 0.6) is 5.75 Å². The van der Waals surface area contributed by atoms with Crippen molar-refractivity contribution in [3.63, 3.8) is 0 Å². The molecule has 0 unspecified atom stereocenters. The van der Waals surface area contributed by atoms with Crippen molar-refractivity contribution in [1.29, 1.82) is 0 Å². The Morgan fingerprint density at radius 3 is 2.45 bits per heavy atom. The average molecular weight is 412 g/mol. The van der Waals surface area contributed by atoms with Gasteiger partial charge in [-0.15, -0.1) is 0 Å². The van der Waals surface area contributed by atoms with E-state index in [0.717, 1.165) is 16.9 Å². The van der Waals surface area contributed by atoms with Crippen LogP contribution < -0.4 is 15.4 Å². The molecule has 154 valence electrons. The molecule has 0 aliphatic carbocycles. The van der Waals surface area contributed by atoms with E-state index in [4.69, 9.17) is 4.74 Å². The lowest BCUT2D eigenvalue weighted by atomic mass is 9.93. The number of methoxy groups -OCH3 is 1. The molecule has 1 heterocycles. The summed E-state index contributed by atoms with van der Waals surface area (Å²) in [6, 6.07) is 21.2. The maximum atomic E-state index is 13.0. The number of rotatable bonds is 5. The molecule has 1 aliphatic rings. The molecule has 1 aliphatic heterocycles. The summed E-state index contributed by atoms with van der Waals surface area (Å²) in [6.45, 7) is 0.337. The standard InChI is InChI=1S/C25H20N2O4/c1-31-19-10-7-17(8-11-19)15-26-24(29)18-9-12-22-20(14-18)23(28)21(25(30)27-22)13-16-5-3-2-4-6-16/h2-14H,15H2,1H3,(H,26,29)(H,27,30)/b21-13+. The van der Waals surface area contributed by atoms with Crippen molar-refractivity contribution in [1.82, 2.24) is 5.32 Å². The minimum atomic E-state index is -0.460. The van der Waals surface area contributed by atoms with Crippen LogP contribution in [0.25, 0.3) is 6.08 Å². The Bertz CT molecular complexity index is 1180. The molecule has 3 aromatic carbocycles. The van der Waals surface area contributed by atoms with Crippen molar-refractivity contribution < 1.29 is 19.1 Å². The molecule has 31 heavy (non-hydrogen) atoms. The van der Waals surface area contributed by atoms with Gasteiger partial charge in [0.15, 0.2) is 0 Å². The van der Waals surface area contributed by atoms with Gasteiger partial charge in [-0.25, -0.2) is 0 Å². The molecular weight excluding hydrogens is 392 g/mol. The maximum absolute atomic E-state index is 13.0. The maximum Gasteiger partial charge on any atom is 0.259 e. The number of benzene rings is 3. The minimum Gasteiger partial charge on any atom is -0.497 e. The van der Waals surface area contributed by atoms with Crippen LogP contribution in [0.15, 0.2) is 78.4 Å². The first-order valence-electron chi connectivity index (χ1n) is 9.73. The van der Waals surface area contributed by atoms with Gasteiger partial charge < -0.3 is 15.4 Å². The third-order valence-corrected chi connectivity index (χ3v) is 4.99. The summed E-state index contributed by atoms with van der Waals surface area (Å²) in [5.74, 6) is -0.438. The van der Waals surface area contributed by atoms with Crippen LogP contribution in [0, 0.1) is 0 Å². The largest absolute Gasteiger partial charge is 0.497 e. The van der Waals surface area contributed by atoms with Crippen LogP contribution >= 0.6 is 0 Å². The van der Waals surface area contributed by atoms with Crippen LogP contribution in [0.4, 0.5) is 5.69 Å². The zero-order valence-corrected chi connectivity index (χ0v) is 16.8. The second kappa shape index (κ2) is 8.67. The summed E-state index contributed by atoms with van der Waals surface area (Å²) in [5, 5.41) is 5.56. The third kappa shape index (κ3) is 4.38. The highest BCUT2D eigenvalue weighted by atomic mass is 16.5. The molecule has 6 nitrogen and oxygen atoms in total. The first-order valence-corrected chi connectivity index (χ1v) is 9.73. The van der Waals surface area contributed by atoms with Crippen molar-refractivity contribution in [3.8, 4) is 5.75 Å². The van der Waals surface area contributed by atoms with Crippen LogP contribution in [-0.4, -0.2) is 24.7 Å². The van der Waals surface area contributed by atoms with Gasteiger partial charge in [0.2, 0.25) is 5.78 Å². The SMILES string of the molecule is COc1ccc(CNC(=O)c2ccc3c(c2)C(=O)/C(=C\c2ccccc2)C(=O)N3)cc1. The number of fused-ring (bicyclic) bond motifs is 1. The summed E-state index contributed by atoms with van der Waals surface area (Å²) < 4.78 is 5.13. The lowest BCUT2D eigenvalue weighted by molar-refractivity contribution is -0.112. The lowest BCUT2D eigenvalue weighted by Crippen LogP contribution is -2.28. The average Bonchev–Trinajstić information content (AvgIpc) is 2.81. The van der Waals surface area contributed by atoms with E-state index in [-0.39, 0.29) is 11.5 Å². The Labute approximate surface area is 179 Å². The minimum absolute atomic E-state index is 0.0366. The first kappa shape index (κ1) is 20.1. The molecule has 0 saturated heterocycles. The number of anilines is 1. The second-order valence-electron chi connectivity index (χ2n) is 7.04. The van der Waals surface area contributed by atoms with Gasteiger partial charge in [-0.3, -0.25) is 14.4 Å². The van der Waals surface area contributed by atoms with Gasteiger partial charge in [0.1, 0.15) is 5.75 Å². The Hall–Kier alpha value is -4.19. The smallest absolute Gasteiger partial charge is 0.259 e. The van der Waals surface area contributed by atoms with E-state index in [1.807, 2.05) is 54.6 Å². The van der Waals surface area contributed by atoms with E-state index in [1.54, 1.807) is 25.3 Å². The van der Waals surface area contributed by atoms with Crippen LogP contribution in [0.1, 0.15) is 31.8 Å². The molecule has 0 saturated carbocycles. The molecule has 0 radical (unpaired) electrons. The fraction of sp³-hybridized carbons (Fsp3) is 0.0800. The van der Waals surface area contributed by atoms with Crippen molar-refractivity contribution >= 4 is 29.4 Å². The number of hydrogen-bond acceptors (Lipinski definition) is 4. The van der Waals surface area contributed by atoms with Gasteiger partial charge in [-0.2, -0.15) is 0 Å². The van der Waals surface area contributed by atoms with Gasteiger partial charge in [-0.1, -0.05) is 42.5 Å². The summed E-state index contributed by atoms with van der Waals surface area (Å²) >= 11 is 0. The number of Topliss-reactive ketones (excluding diaryl/α,β-unsaturated/α-hetero) is 1. The van der Waals surface area contributed by atoms with E-state index in [2.05, 4.69) is 10.6 Å². The number of nitrogens with one attached hydrogen (secondary N) is 2. The van der Waals surface area contributed by atoms with Gasteiger partial charge in [0, 0.05) is 17.7 Å². The highest BCUT2D eigenvalue weighted by Crippen LogP contribution is 2.27. The summed E-state index contributed by atoms with van der Waals surface area (Å²) in [7, 11) is 1.59. The Kier molecular flexibility index (Phi) is 5.62. The van der Waals surface area contributed by atoms with Gasteiger partial charge in [-0.05, 0) is 47.5 Å². The molecule has 0 atom stereocenters. The van der Waals surface area contributed by atoms with Gasteiger partial charge in [0.05, 0.1) is 18.4 Å². The Morgan fingerprint density at radius 1 is 1.00 bits per heavy atom. The van der Waals surface area contributed by atoms with E-state index in [0.29, 0.717) is 23.4 Å². The number of carbonyl (C=O) groups excluding carboxylic acids is 3. The van der Waals surface area contributed by atoms with Crippen LogP contribution in [-0.2, 0) is 11.3 Å². The van der Waals surface area contributed by atoms with Crippen molar-refractivity contribution in [3.05, 3.63) is 101 Å². The molecule has 0 fully saturated rings. The molecule has 0 bridgehead atoms. The lowest BCUT2D eigenvalue weighted by Gasteiger charge is -2.19. The van der Waals surface area contributed by atoms with Crippen molar-refractivity contribution in [2.75, 3.05) is 12.4 Å². The first-order chi connectivity index (χ1) is 15.0. The quantitative estimate of drug-likeness (QED) is 0.493. The van der Waals surface area contributed by atoms with Crippen LogP contribution in [0.3, 0.4) is 0 Å². The second-order valence-corrected chi connectivity index (χ2v) is 7.04. The molecule has 0 aromatic heterocycles. The monoisotopic (exact) mass is 412 g/mol. The molecular formula is C25H20N2O4. The van der Waals surface area contributed by atoms with E-state index in [1.165, 1.54) is 6.07 Å². The number of hydrogen-bond donors (Lipinski definition) is 2. The highest BCUT2D eigenvalue weighted by molar-refractivity contribution is 6.36. The molecule has 4 rings (SSSR count). The summed E-state index contributed by atoms with van der Waals surface area (Å²) in [4.78, 5) is 38.0. The zero-order chi connectivity index (χ0) is 21.8. The number of ether oxygens (including phenoxy) is 1. The number of carbonyl (C=O) groups is 3. The number of ketones is 1. The zero-order valence-electron chi connectivity index (χ0n) is 16.8. The predicted octanol–water partition coefficient (Wildman–Crippen LogP) is 3.84. The fourth-order valence-corrected chi connectivity index (χ4v) is 3.30. The molecule has 2 N–H and O–H groups in total. The normalized spacial score (nSPS) is 14.0. The van der Waals surface area contributed by atoms with Crippen molar-refractivity contribution in [2.45, 2.75) is 6.54 Å². The molecule has 3 aromatic rings. The molecule has 2 amide bonds. The summed E-state index contributed by atoms with van der Waals surface area (Å²) in [6.07, 6.45) is 1.55. The van der Waals surface area contributed by atoms with E-state index in [9.17, 15) is 14.4 Å². The third-order valence-electron chi connectivity index (χ3n) is 4.99. The Balaban J connectivity index is 1.53. The van der Waals surface area contributed by atoms with E-state index >= 15 is 0 Å². The predicted molar refractivity (Wildman–Crippen MR) is 118 cm³/mol. The van der Waals surface area contributed by atoms with Gasteiger partial charge >= 0.3 is 0 Å². The molecule has 6 heteroatoms. The highest BCUT2D eigenvalue weighted by Gasteiger charge is 2.29. The van der Waals surface area contributed by atoms with Gasteiger partial charge in [0.25, 0.3) is 11.8 Å². The van der Waals surface area contributed by atoms with Crippen molar-refractivity contribution in [2.24, 2.45) is 0 Å². The fourth-order valence-electron chi connectivity index (χ4n) is 3.30. The summed E-state index contributed by atoms with van der Waals surface area (Å²) in [5.41, 5.74) is 2.73.